The van der Waals surface area contributed by atoms with Crippen LogP contribution in [0.15, 0.2) is 48.8 Å². The van der Waals surface area contributed by atoms with E-state index in [0.717, 1.165) is 50.6 Å². The monoisotopic (exact) mass is 416 g/mol. The average molecular weight is 417 g/mol. The van der Waals surface area contributed by atoms with Gasteiger partial charge in [-0.2, -0.15) is 4.98 Å². The predicted octanol–water partition coefficient (Wildman–Crippen LogP) is 4.03. The summed E-state index contributed by atoms with van der Waals surface area (Å²) in [5, 5.41) is 3.30. The lowest BCUT2D eigenvalue weighted by Crippen LogP contribution is -2.36. The number of hydrogen-bond donors (Lipinski definition) is 1. The first-order valence-electron chi connectivity index (χ1n) is 11.0. The number of aromatic nitrogens is 3. The van der Waals surface area contributed by atoms with Gasteiger partial charge >= 0.3 is 0 Å². The second-order valence-corrected chi connectivity index (χ2v) is 8.10. The molecule has 2 aromatic carbocycles. The standard InChI is InChI=1S/C24H28N6O/c1-18-16-19(4-9-22(18)30-10-2-3-11-30)23-25-17-26-24(28-23)27-20-5-7-21(8-6-20)29-12-14-31-15-13-29/h4-9,16-17H,2-3,10-15H2,1H3,(H,25,26,27,28). The van der Waals surface area contributed by atoms with Crippen LogP contribution in [0, 0.1) is 6.92 Å². The van der Waals surface area contributed by atoms with E-state index in [1.807, 2.05) is 0 Å². The first kappa shape index (κ1) is 19.8. The molecule has 0 atom stereocenters. The maximum absolute atomic E-state index is 5.43. The molecule has 5 rings (SSSR count). The molecule has 31 heavy (non-hydrogen) atoms. The van der Waals surface area contributed by atoms with Crippen molar-refractivity contribution in [1.82, 2.24) is 15.0 Å². The number of anilines is 4. The van der Waals surface area contributed by atoms with E-state index in [9.17, 15) is 0 Å². The highest BCUT2D eigenvalue weighted by molar-refractivity contribution is 5.66. The number of ether oxygens (including phenoxy) is 1. The molecule has 0 unspecified atom stereocenters. The van der Waals surface area contributed by atoms with Gasteiger partial charge in [0.2, 0.25) is 5.95 Å². The third-order valence-electron chi connectivity index (χ3n) is 5.97. The maximum atomic E-state index is 5.43. The highest BCUT2D eigenvalue weighted by atomic mass is 16.5. The quantitative estimate of drug-likeness (QED) is 0.674. The average Bonchev–Trinajstić information content (AvgIpc) is 3.35. The van der Waals surface area contributed by atoms with E-state index in [1.54, 1.807) is 6.33 Å². The van der Waals surface area contributed by atoms with Gasteiger partial charge in [-0.05, 0) is 67.8 Å². The van der Waals surface area contributed by atoms with Crippen LogP contribution in [0.3, 0.4) is 0 Å². The molecule has 2 fully saturated rings. The Balaban J connectivity index is 1.30. The topological polar surface area (TPSA) is 66.4 Å². The van der Waals surface area contributed by atoms with Crippen molar-refractivity contribution in [2.45, 2.75) is 19.8 Å². The molecule has 0 spiro atoms. The van der Waals surface area contributed by atoms with Gasteiger partial charge in [-0.1, -0.05) is 0 Å². The number of nitrogens with zero attached hydrogens (tertiary/aromatic N) is 5. The number of morpholine rings is 1. The molecule has 1 N–H and O–H groups in total. The molecule has 160 valence electrons. The smallest absolute Gasteiger partial charge is 0.230 e. The van der Waals surface area contributed by atoms with Crippen molar-refractivity contribution in [2.24, 2.45) is 0 Å². The van der Waals surface area contributed by atoms with E-state index in [0.29, 0.717) is 11.8 Å². The van der Waals surface area contributed by atoms with Crippen LogP contribution in [0.5, 0.6) is 0 Å². The van der Waals surface area contributed by atoms with Crippen LogP contribution in [0.4, 0.5) is 23.0 Å². The molecule has 0 saturated carbocycles. The Morgan fingerprint density at radius 1 is 0.871 bits per heavy atom. The van der Waals surface area contributed by atoms with Crippen molar-refractivity contribution in [1.29, 1.82) is 0 Å². The highest BCUT2D eigenvalue weighted by Crippen LogP contribution is 2.28. The van der Waals surface area contributed by atoms with Crippen LogP contribution in [0.25, 0.3) is 11.4 Å². The van der Waals surface area contributed by atoms with Gasteiger partial charge in [0.1, 0.15) is 6.33 Å². The van der Waals surface area contributed by atoms with E-state index in [-0.39, 0.29) is 0 Å². The lowest BCUT2D eigenvalue weighted by atomic mass is 10.1. The zero-order valence-corrected chi connectivity index (χ0v) is 17.9. The fraction of sp³-hybridized carbons (Fsp3) is 0.375. The Labute approximate surface area is 183 Å². The Morgan fingerprint density at radius 2 is 1.65 bits per heavy atom. The number of benzene rings is 2. The van der Waals surface area contributed by atoms with E-state index in [1.165, 1.54) is 29.8 Å². The normalized spacial score (nSPS) is 16.5. The second kappa shape index (κ2) is 8.89. The third kappa shape index (κ3) is 4.46. The third-order valence-corrected chi connectivity index (χ3v) is 5.97. The summed E-state index contributed by atoms with van der Waals surface area (Å²) in [5.74, 6) is 1.23. The van der Waals surface area contributed by atoms with Crippen molar-refractivity contribution < 1.29 is 4.74 Å². The molecular weight excluding hydrogens is 388 g/mol. The summed E-state index contributed by atoms with van der Waals surface area (Å²) in [4.78, 5) is 18.1. The molecule has 3 aromatic rings. The molecule has 2 aliphatic heterocycles. The van der Waals surface area contributed by atoms with Gasteiger partial charge in [-0.3, -0.25) is 0 Å². The Bertz CT molecular complexity index is 1030. The molecule has 2 saturated heterocycles. The summed E-state index contributed by atoms with van der Waals surface area (Å²) in [6.07, 6.45) is 4.12. The Hall–Kier alpha value is -3.19. The Kier molecular flexibility index (Phi) is 5.67. The molecule has 7 heteroatoms. The van der Waals surface area contributed by atoms with Crippen LogP contribution >= 0.6 is 0 Å². The summed E-state index contributed by atoms with van der Waals surface area (Å²) in [6.45, 7) is 7.87. The van der Waals surface area contributed by atoms with Crippen molar-refractivity contribution in [3.63, 3.8) is 0 Å². The van der Waals surface area contributed by atoms with Crippen molar-refractivity contribution >= 4 is 23.0 Å². The minimum Gasteiger partial charge on any atom is -0.378 e. The number of hydrogen-bond acceptors (Lipinski definition) is 7. The van der Waals surface area contributed by atoms with Crippen molar-refractivity contribution in [3.8, 4) is 11.4 Å². The summed E-state index contributed by atoms with van der Waals surface area (Å²) in [5.41, 5.74) is 5.74. The predicted molar refractivity (Wildman–Crippen MR) is 124 cm³/mol. The summed E-state index contributed by atoms with van der Waals surface area (Å²) < 4.78 is 5.43. The number of nitrogens with one attached hydrogen (secondary N) is 1. The zero-order valence-electron chi connectivity index (χ0n) is 17.9. The lowest BCUT2D eigenvalue weighted by molar-refractivity contribution is 0.122. The largest absolute Gasteiger partial charge is 0.378 e. The van der Waals surface area contributed by atoms with Crippen LogP contribution in [-0.4, -0.2) is 54.3 Å². The SMILES string of the molecule is Cc1cc(-c2ncnc(Nc3ccc(N4CCOCC4)cc3)n2)ccc1N1CCCC1. The lowest BCUT2D eigenvalue weighted by Gasteiger charge is -2.28. The van der Waals surface area contributed by atoms with Crippen molar-refractivity contribution in [2.75, 3.05) is 54.5 Å². The van der Waals surface area contributed by atoms with Gasteiger partial charge in [-0.25, -0.2) is 9.97 Å². The molecule has 0 aliphatic carbocycles. The van der Waals surface area contributed by atoms with Gasteiger partial charge in [-0.15, -0.1) is 0 Å². The fourth-order valence-electron chi connectivity index (χ4n) is 4.31. The molecule has 2 aliphatic rings. The molecule has 7 nitrogen and oxygen atoms in total. The minimum atomic E-state index is 0.547. The summed E-state index contributed by atoms with van der Waals surface area (Å²) in [6, 6.07) is 14.8. The fourth-order valence-corrected chi connectivity index (χ4v) is 4.31. The molecule has 0 bridgehead atoms. The zero-order chi connectivity index (χ0) is 21.0. The van der Waals surface area contributed by atoms with Crippen molar-refractivity contribution in [3.05, 3.63) is 54.4 Å². The minimum absolute atomic E-state index is 0.547. The van der Waals surface area contributed by atoms with Crippen LogP contribution in [0.2, 0.25) is 0 Å². The van der Waals surface area contributed by atoms with Gasteiger partial charge in [0.15, 0.2) is 5.82 Å². The van der Waals surface area contributed by atoms with Crippen LogP contribution in [-0.2, 0) is 4.74 Å². The first-order valence-corrected chi connectivity index (χ1v) is 11.0. The number of aryl methyl sites for hydroxylation is 1. The Morgan fingerprint density at radius 3 is 2.39 bits per heavy atom. The van der Waals surface area contributed by atoms with E-state index < -0.39 is 0 Å². The summed E-state index contributed by atoms with van der Waals surface area (Å²) in [7, 11) is 0. The second-order valence-electron chi connectivity index (χ2n) is 8.10. The van der Waals surface area contributed by atoms with Crippen LogP contribution in [0.1, 0.15) is 18.4 Å². The molecule has 0 radical (unpaired) electrons. The first-order chi connectivity index (χ1) is 15.3. The van der Waals surface area contributed by atoms with Gasteiger partial charge in [0.05, 0.1) is 13.2 Å². The molecular formula is C24H28N6O. The van der Waals surface area contributed by atoms with Gasteiger partial charge in [0, 0.05) is 48.8 Å². The molecule has 1 aromatic heterocycles. The number of rotatable bonds is 5. The van der Waals surface area contributed by atoms with Gasteiger partial charge < -0.3 is 19.9 Å². The highest BCUT2D eigenvalue weighted by Gasteiger charge is 2.15. The van der Waals surface area contributed by atoms with E-state index in [2.05, 4.69) is 79.5 Å². The molecule has 0 amide bonds. The molecule has 3 heterocycles. The maximum Gasteiger partial charge on any atom is 0.230 e. The van der Waals surface area contributed by atoms with E-state index in [4.69, 9.17) is 4.74 Å². The van der Waals surface area contributed by atoms with Gasteiger partial charge in [0.25, 0.3) is 0 Å². The summed E-state index contributed by atoms with van der Waals surface area (Å²) >= 11 is 0. The van der Waals surface area contributed by atoms with E-state index >= 15 is 0 Å². The van der Waals surface area contributed by atoms with Crippen LogP contribution < -0.4 is 15.1 Å².